The molecule has 236 valence electrons. The van der Waals surface area contributed by atoms with Gasteiger partial charge in [-0.05, 0) is 72.5 Å². The number of carbonyl (C=O) groups excluding carboxylic acids is 2. The Balaban J connectivity index is 1.79. The Morgan fingerprint density at radius 3 is 1.93 bits per heavy atom. The maximum Gasteiger partial charge on any atom is 0.264 e. The van der Waals surface area contributed by atoms with Crippen LogP contribution in [0.25, 0.3) is 0 Å². The highest BCUT2D eigenvalue weighted by molar-refractivity contribution is 7.92. The molecule has 0 aliphatic carbocycles. The predicted octanol–water partition coefficient (Wildman–Crippen LogP) is 5.88. The van der Waals surface area contributed by atoms with Crippen molar-refractivity contribution in [3.8, 4) is 0 Å². The molecule has 0 bridgehead atoms. The van der Waals surface area contributed by atoms with Crippen LogP contribution in [0, 0.1) is 24.5 Å². The van der Waals surface area contributed by atoms with E-state index in [1.807, 2.05) is 51.1 Å². The molecule has 0 heterocycles. The monoisotopic (exact) mass is 633 g/mol. The molecule has 0 saturated carbocycles. The van der Waals surface area contributed by atoms with E-state index in [-0.39, 0.29) is 29.5 Å². The van der Waals surface area contributed by atoms with E-state index in [9.17, 15) is 26.8 Å². The van der Waals surface area contributed by atoms with Gasteiger partial charge in [-0.1, -0.05) is 74.0 Å². The number of nitrogens with zero attached hydrogens (tertiary/aromatic N) is 2. The van der Waals surface area contributed by atoms with Gasteiger partial charge in [0.2, 0.25) is 11.8 Å². The zero-order valence-electron chi connectivity index (χ0n) is 25.5. The van der Waals surface area contributed by atoms with E-state index in [1.54, 1.807) is 12.1 Å². The summed E-state index contributed by atoms with van der Waals surface area (Å²) in [5.41, 5.74) is 2.27. The molecule has 45 heavy (non-hydrogen) atoms. The van der Waals surface area contributed by atoms with Crippen LogP contribution in [0.2, 0.25) is 0 Å². The van der Waals surface area contributed by atoms with Crippen LogP contribution in [0.3, 0.4) is 0 Å². The van der Waals surface area contributed by atoms with Crippen molar-refractivity contribution >= 4 is 27.5 Å². The molecule has 0 spiro atoms. The molecule has 0 radical (unpaired) electrons. The molecule has 4 aromatic rings. The van der Waals surface area contributed by atoms with Crippen LogP contribution in [0.15, 0.2) is 108 Å². The van der Waals surface area contributed by atoms with E-state index >= 15 is 0 Å². The lowest BCUT2D eigenvalue weighted by Crippen LogP contribution is -2.53. The van der Waals surface area contributed by atoms with Crippen LogP contribution < -0.4 is 9.62 Å². The van der Waals surface area contributed by atoms with E-state index in [2.05, 4.69) is 5.32 Å². The van der Waals surface area contributed by atoms with E-state index in [4.69, 9.17) is 0 Å². The van der Waals surface area contributed by atoms with Crippen LogP contribution in [0.4, 0.5) is 14.5 Å². The molecule has 2 amide bonds. The number of anilines is 1. The summed E-state index contributed by atoms with van der Waals surface area (Å²) < 4.78 is 56.6. The number of halogens is 2. The van der Waals surface area contributed by atoms with Crippen molar-refractivity contribution < 1.29 is 26.8 Å². The van der Waals surface area contributed by atoms with E-state index in [0.29, 0.717) is 12.1 Å². The first-order valence-corrected chi connectivity index (χ1v) is 16.1. The van der Waals surface area contributed by atoms with Crippen molar-refractivity contribution in [2.45, 2.75) is 44.7 Å². The standard InChI is InChI=1S/C35H37F2N3O4S/c1-25(2)22-38-35(42)33(21-27-7-5-4-6-8-27)39(23-28-11-13-29(36)14-12-28)34(41)24-40(31-17-15-30(37)16-18-31)45(43,44)32-19-9-26(3)10-20-32/h4-20,25,33H,21-24H2,1-3H3,(H,38,42)/t33-/m1/s1. The van der Waals surface area contributed by atoms with E-state index in [0.717, 1.165) is 27.6 Å². The largest absolute Gasteiger partial charge is 0.354 e. The maximum atomic E-state index is 14.4. The molecule has 0 unspecified atom stereocenters. The number of hydrogen-bond acceptors (Lipinski definition) is 4. The predicted molar refractivity (Wildman–Crippen MR) is 171 cm³/mol. The summed E-state index contributed by atoms with van der Waals surface area (Å²) in [7, 11) is -4.30. The number of nitrogens with one attached hydrogen (secondary N) is 1. The molecule has 0 saturated heterocycles. The summed E-state index contributed by atoms with van der Waals surface area (Å²) in [6.07, 6.45) is 0.152. The Bertz CT molecular complexity index is 1680. The smallest absolute Gasteiger partial charge is 0.264 e. The second-order valence-corrected chi connectivity index (χ2v) is 13.2. The number of hydrogen-bond donors (Lipinski definition) is 1. The Kier molecular flexibility index (Phi) is 11.1. The lowest BCUT2D eigenvalue weighted by atomic mass is 10.0. The van der Waals surface area contributed by atoms with Gasteiger partial charge in [-0.25, -0.2) is 17.2 Å². The van der Waals surface area contributed by atoms with Crippen molar-refractivity contribution in [2.24, 2.45) is 5.92 Å². The third kappa shape index (κ3) is 8.98. The van der Waals surface area contributed by atoms with Gasteiger partial charge in [-0.3, -0.25) is 13.9 Å². The van der Waals surface area contributed by atoms with E-state index in [1.165, 1.54) is 53.4 Å². The fourth-order valence-electron chi connectivity index (χ4n) is 4.74. The van der Waals surface area contributed by atoms with Crippen molar-refractivity contribution in [2.75, 3.05) is 17.4 Å². The first kappa shape index (κ1) is 33.3. The van der Waals surface area contributed by atoms with Crippen molar-refractivity contribution in [3.05, 3.63) is 131 Å². The number of rotatable bonds is 13. The maximum absolute atomic E-state index is 14.4. The molecule has 4 rings (SSSR count). The Hall–Kier alpha value is -4.57. The Morgan fingerprint density at radius 1 is 0.778 bits per heavy atom. The van der Waals surface area contributed by atoms with Gasteiger partial charge in [-0.2, -0.15) is 0 Å². The molecule has 1 atom stereocenters. The van der Waals surface area contributed by atoms with Crippen molar-refractivity contribution in [1.29, 1.82) is 0 Å². The van der Waals surface area contributed by atoms with Crippen LogP contribution >= 0.6 is 0 Å². The van der Waals surface area contributed by atoms with Gasteiger partial charge in [0.1, 0.15) is 24.2 Å². The molecule has 1 N–H and O–H groups in total. The fraction of sp³-hybridized carbons (Fsp3) is 0.257. The number of benzene rings is 4. The summed E-state index contributed by atoms with van der Waals surface area (Å²) in [6.45, 7) is 5.32. The highest BCUT2D eigenvalue weighted by atomic mass is 32.2. The van der Waals surface area contributed by atoms with Gasteiger partial charge in [0.15, 0.2) is 0 Å². The quantitative estimate of drug-likeness (QED) is 0.199. The normalized spacial score (nSPS) is 12.0. The minimum Gasteiger partial charge on any atom is -0.354 e. The molecule has 10 heteroatoms. The third-order valence-electron chi connectivity index (χ3n) is 7.22. The fourth-order valence-corrected chi connectivity index (χ4v) is 6.15. The second kappa shape index (κ2) is 14.9. The minimum atomic E-state index is -4.30. The molecule has 0 aliphatic heterocycles. The van der Waals surface area contributed by atoms with E-state index < -0.39 is 46.1 Å². The van der Waals surface area contributed by atoms with Crippen LogP contribution in [0.5, 0.6) is 0 Å². The second-order valence-electron chi connectivity index (χ2n) is 11.3. The number of amides is 2. The van der Waals surface area contributed by atoms with Gasteiger partial charge >= 0.3 is 0 Å². The highest BCUT2D eigenvalue weighted by Crippen LogP contribution is 2.26. The summed E-state index contributed by atoms with van der Waals surface area (Å²) in [4.78, 5) is 29.4. The average molecular weight is 634 g/mol. The summed E-state index contributed by atoms with van der Waals surface area (Å²) >= 11 is 0. The average Bonchev–Trinajstić information content (AvgIpc) is 3.02. The zero-order chi connectivity index (χ0) is 32.6. The zero-order valence-corrected chi connectivity index (χ0v) is 26.3. The minimum absolute atomic E-state index is 0.0502. The lowest BCUT2D eigenvalue weighted by molar-refractivity contribution is -0.140. The van der Waals surface area contributed by atoms with Crippen molar-refractivity contribution in [1.82, 2.24) is 10.2 Å². The molecule has 0 fully saturated rings. The molecule has 4 aromatic carbocycles. The van der Waals surface area contributed by atoms with Gasteiger partial charge in [-0.15, -0.1) is 0 Å². The number of aryl methyl sites for hydroxylation is 1. The Morgan fingerprint density at radius 2 is 1.36 bits per heavy atom. The van der Waals surface area contributed by atoms with Gasteiger partial charge in [0, 0.05) is 19.5 Å². The molecule has 0 aliphatic rings. The van der Waals surface area contributed by atoms with Crippen LogP contribution in [0.1, 0.15) is 30.5 Å². The lowest BCUT2D eigenvalue weighted by Gasteiger charge is -2.34. The van der Waals surface area contributed by atoms with Crippen molar-refractivity contribution in [3.63, 3.8) is 0 Å². The number of sulfonamides is 1. The highest BCUT2D eigenvalue weighted by Gasteiger charge is 2.34. The van der Waals surface area contributed by atoms with Gasteiger partial charge < -0.3 is 10.2 Å². The van der Waals surface area contributed by atoms with Crippen LogP contribution in [-0.2, 0) is 32.6 Å². The molecular weight excluding hydrogens is 596 g/mol. The molecule has 0 aromatic heterocycles. The molecule has 7 nitrogen and oxygen atoms in total. The summed E-state index contributed by atoms with van der Waals surface area (Å²) in [5, 5.41) is 2.92. The SMILES string of the molecule is Cc1ccc(S(=O)(=O)N(CC(=O)N(Cc2ccc(F)cc2)[C@H](Cc2ccccc2)C(=O)NCC(C)C)c2ccc(F)cc2)cc1. The first-order valence-electron chi connectivity index (χ1n) is 14.6. The first-order chi connectivity index (χ1) is 21.4. The Labute approximate surface area is 263 Å². The third-order valence-corrected chi connectivity index (χ3v) is 9.01. The van der Waals surface area contributed by atoms with Crippen LogP contribution in [-0.4, -0.2) is 44.3 Å². The van der Waals surface area contributed by atoms with Gasteiger partial charge in [0.05, 0.1) is 10.6 Å². The summed E-state index contributed by atoms with van der Waals surface area (Å²) in [6, 6.07) is 24.7. The van der Waals surface area contributed by atoms with Gasteiger partial charge in [0.25, 0.3) is 10.0 Å². The number of carbonyl (C=O) groups is 2. The topological polar surface area (TPSA) is 86.8 Å². The molecular formula is C35H37F2N3O4S. The summed E-state index contributed by atoms with van der Waals surface area (Å²) in [5.74, 6) is -1.96.